The first-order chi connectivity index (χ1) is 9.24. The number of rotatable bonds is 4. The standard InChI is InChI=1S/C15H13FN2O/c16-14-5-1-3-13(9-14)11-18-15(19)7-6-12-4-2-8-17-10-12/h1-10H,11H2,(H,18,19). The number of nitrogens with zero attached hydrogens (tertiary/aromatic N) is 1. The minimum atomic E-state index is -0.308. The maximum absolute atomic E-state index is 12.9. The van der Waals surface area contributed by atoms with Crippen LogP contribution < -0.4 is 5.32 Å². The zero-order valence-corrected chi connectivity index (χ0v) is 10.2. The molecule has 96 valence electrons. The number of carbonyl (C=O) groups excluding carboxylic acids is 1. The highest BCUT2D eigenvalue weighted by Gasteiger charge is 1.98. The highest BCUT2D eigenvalue weighted by molar-refractivity contribution is 5.91. The molecular formula is C15H13FN2O. The molecule has 1 N–H and O–H groups in total. The van der Waals surface area contributed by atoms with E-state index in [4.69, 9.17) is 0 Å². The molecule has 1 aromatic heterocycles. The third kappa shape index (κ3) is 4.35. The van der Waals surface area contributed by atoms with E-state index >= 15 is 0 Å². The van der Waals surface area contributed by atoms with Crippen molar-refractivity contribution < 1.29 is 9.18 Å². The zero-order valence-electron chi connectivity index (χ0n) is 10.2. The van der Waals surface area contributed by atoms with Crippen molar-refractivity contribution in [2.75, 3.05) is 0 Å². The molecule has 1 amide bonds. The maximum Gasteiger partial charge on any atom is 0.244 e. The van der Waals surface area contributed by atoms with Crippen molar-refractivity contribution in [2.45, 2.75) is 6.54 Å². The first kappa shape index (κ1) is 13.0. The summed E-state index contributed by atoms with van der Waals surface area (Å²) in [4.78, 5) is 15.5. The fourth-order valence-electron chi connectivity index (χ4n) is 1.54. The number of aromatic nitrogens is 1. The van der Waals surface area contributed by atoms with Crippen LogP contribution in [-0.4, -0.2) is 10.9 Å². The maximum atomic E-state index is 12.9. The van der Waals surface area contributed by atoms with Gasteiger partial charge in [-0.25, -0.2) is 4.39 Å². The van der Waals surface area contributed by atoms with E-state index in [-0.39, 0.29) is 11.7 Å². The Morgan fingerprint density at radius 2 is 2.21 bits per heavy atom. The molecule has 0 spiro atoms. The van der Waals surface area contributed by atoms with Crippen molar-refractivity contribution in [3.05, 3.63) is 71.8 Å². The van der Waals surface area contributed by atoms with Crippen molar-refractivity contribution in [1.82, 2.24) is 10.3 Å². The van der Waals surface area contributed by atoms with Crippen LogP contribution in [0.3, 0.4) is 0 Å². The van der Waals surface area contributed by atoms with E-state index in [0.29, 0.717) is 6.54 Å². The van der Waals surface area contributed by atoms with Crippen LogP contribution in [0.25, 0.3) is 6.08 Å². The van der Waals surface area contributed by atoms with E-state index in [9.17, 15) is 9.18 Å². The second-order valence-electron chi connectivity index (χ2n) is 3.97. The van der Waals surface area contributed by atoms with E-state index in [0.717, 1.165) is 11.1 Å². The molecule has 3 nitrogen and oxygen atoms in total. The van der Waals surface area contributed by atoms with Crippen LogP contribution in [0, 0.1) is 5.82 Å². The molecule has 2 rings (SSSR count). The molecule has 0 aliphatic carbocycles. The Bertz CT molecular complexity index is 582. The fraction of sp³-hybridized carbons (Fsp3) is 0.0667. The molecule has 0 saturated heterocycles. The molecule has 19 heavy (non-hydrogen) atoms. The number of benzene rings is 1. The van der Waals surface area contributed by atoms with Gasteiger partial charge in [-0.05, 0) is 35.4 Å². The molecule has 1 heterocycles. The number of amides is 1. The molecule has 4 heteroatoms. The minimum Gasteiger partial charge on any atom is -0.348 e. The quantitative estimate of drug-likeness (QED) is 0.854. The summed E-state index contributed by atoms with van der Waals surface area (Å²) in [5, 5.41) is 2.68. The highest BCUT2D eigenvalue weighted by atomic mass is 19.1. The second kappa shape index (κ2) is 6.44. The van der Waals surface area contributed by atoms with Gasteiger partial charge in [0, 0.05) is 25.0 Å². The van der Waals surface area contributed by atoms with Crippen molar-refractivity contribution in [2.24, 2.45) is 0 Å². The van der Waals surface area contributed by atoms with Crippen molar-refractivity contribution in [1.29, 1.82) is 0 Å². The highest BCUT2D eigenvalue weighted by Crippen LogP contribution is 2.03. The van der Waals surface area contributed by atoms with Crippen LogP contribution in [0.2, 0.25) is 0 Å². The Morgan fingerprint density at radius 3 is 2.95 bits per heavy atom. The van der Waals surface area contributed by atoms with Crippen molar-refractivity contribution >= 4 is 12.0 Å². The first-order valence-electron chi connectivity index (χ1n) is 5.84. The van der Waals surface area contributed by atoms with Crippen LogP contribution in [-0.2, 0) is 11.3 Å². The topological polar surface area (TPSA) is 42.0 Å². The van der Waals surface area contributed by atoms with E-state index in [1.165, 1.54) is 18.2 Å². The predicted octanol–water partition coefficient (Wildman–Crippen LogP) is 2.55. The SMILES string of the molecule is O=C(C=Cc1cccnc1)NCc1cccc(F)c1. The van der Waals surface area contributed by atoms with Gasteiger partial charge in [-0.1, -0.05) is 18.2 Å². The number of halogens is 1. The largest absolute Gasteiger partial charge is 0.348 e. The number of carbonyl (C=O) groups is 1. The summed E-state index contributed by atoms with van der Waals surface area (Å²) in [7, 11) is 0. The second-order valence-corrected chi connectivity index (χ2v) is 3.97. The number of nitrogens with one attached hydrogen (secondary N) is 1. The lowest BCUT2D eigenvalue weighted by Crippen LogP contribution is -2.20. The summed E-state index contributed by atoms with van der Waals surface area (Å²) in [5.74, 6) is -0.536. The van der Waals surface area contributed by atoms with E-state index in [1.54, 1.807) is 36.7 Å². The average molecular weight is 256 g/mol. The summed E-state index contributed by atoms with van der Waals surface area (Å²) in [6.45, 7) is 0.300. The molecule has 0 bridgehead atoms. The van der Waals surface area contributed by atoms with Crippen molar-refractivity contribution in [3.8, 4) is 0 Å². The first-order valence-corrected chi connectivity index (χ1v) is 5.84. The number of pyridine rings is 1. The molecule has 0 saturated carbocycles. The van der Waals surface area contributed by atoms with Gasteiger partial charge in [0.05, 0.1) is 0 Å². The molecule has 0 fully saturated rings. The normalized spacial score (nSPS) is 10.6. The fourth-order valence-corrected chi connectivity index (χ4v) is 1.54. The minimum absolute atomic E-state index is 0.229. The molecule has 0 atom stereocenters. The van der Waals surface area contributed by atoms with Gasteiger partial charge < -0.3 is 5.32 Å². The van der Waals surface area contributed by atoms with E-state index < -0.39 is 0 Å². The summed E-state index contributed by atoms with van der Waals surface area (Å²) < 4.78 is 12.9. The van der Waals surface area contributed by atoms with Gasteiger partial charge >= 0.3 is 0 Å². The Hall–Kier alpha value is -2.49. The smallest absolute Gasteiger partial charge is 0.244 e. The van der Waals surface area contributed by atoms with Gasteiger partial charge in [0.1, 0.15) is 5.82 Å². The van der Waals surface area contributed by atoms with Gasteiger partial charge in [-0.3, -0.25) is 9.78 Å². The molecule has 0 unspecified atom stereocenters. The Balaban J connectivity index is 1.87. The van der Waals surface area contributed by atoms with Crippen LogP contribution in [0.5, 0.6) is 0 Å². The average Bonchev–Trinajstić information content (AvgIpc) is 2.44. The molecule has 0 aliphatic heterocycles. The molecule has 1 aromatic carbocycles. The number of hydrogen-bond donors (Lipinski definition) is 1. The molecule has 0 aliphatic rings. The third-order valence-corrected chi connectivity index (χ3v) is 2.47. The third-order valence-electron chi connectivity index (χ3n) is 2.47. The van der Waals surface area contributed by atoms with Crippen LogP contribution in [0.1, 0.15) is 11.1 Å². The van der Waals surface area contributed by atoms with Gasteiger partial charge in [0.2, 0.25) is 5.91 Å². The molecular weight excluding hydrogens is 243 g/mol. The van der Waals surface area contributed by atoms with Gasteiger partial charge in [-0.15, -0.1) is 0 Å². The lowest BCUT2D eigenvalue weighted by Gasteiger charge is -2.02. The summed E-state index contributed by atoms with van der Waals surface area (Å²) in [5.41, 5.74) is 1.58. The number of hydrogen-bond acceptors (Lipinski definition) is 2. The Labute approximate surface area is 110 Å². The molecule has 0 radical (unpaired) electrons. The lowest BCUT2D eigenvalue weighted by atomic mass is 10.2. The van der Waals surface area contributed by atoms with Crippen LogP contribution >= 0.6 is 0 Å². The van der Waals surface area contributed by atoms with Gasteiger partial charge in [-0.2, -0.15) is 0 Å². The van der Waals surface area contributed by atoms with Crippen LogP contribution in [0.15, 0.2) is 54.9 Å². The van der Waals surface area contributed by atoms with E-state index in [1.807, 2.05) is 6.07 Å². The van der Waals surface area contributed by atoms with Gasteiger partial charge in [0.15, 0.2) is 0 Å². The summed E-state index contributed by atoms with van der Waals surface area (Å²) in [6.07, 6.45) is 6.43. The van der Waals surface area contributed by atoms with Gasteiger partial charge in [0.25, 0.3) is 0 Å². The predicted molar refractivity (Wildman–Crippen MR) is 71.5 cm³/mol. The lowest BCUT2D eigenvalue weighted by molar-refractivity contribution is -0.116. The molecule has 2 aromatic rings. The summed E-state index contributed by atoms with van der Waals surface area (Å²) in [6, 6.07) is 9.78. The van der Waals surface area contributed by atoms with Crippen LogP contribution in [0.4, 0.5) is 4.39 Å². The zero-order chi connectivity index (χ0) is 13.5. The summed E-state index contributed by atoms with van der Waals surface area (Å²) >= 11 is 0. The van der Waals surface area contributed by atoms with Crippen molar-refractivity contribution in [3.63, 3.8) is 0 Å². The Kier molecular flexibility index (Phi) is 4.39. The van der Waals surface area contributed by atoms with E-state index in [2.05, 4.69) is 10.3 Å². The Morgan fingerprint density at radius 1 is 1.32 bits per heavy atom. The monoisotopic (exact) mass is 256 g/mol.